The van der Waals surface area contributed by atoms with E-state index in [9.17, 15) is 24.2 Å². The lowest BCUT2D eigenvalue weighted by atomic mass is 10.0. The molecular weight excluding hydrogens is 766 g/mol. The summed E-state index contributed by atoms with van der Waals surface area (Å²) in [6.45, 7) is 4.11. The van der Waals surface area contributed by atoms with E-state index >= 15 is 0 Å². The molecule has 0 heterocycles. The predicted molar refractivity (Wildman–Crippen MR) is 244 cm³/mol. The Kier molecular flexibility index (Phi) is 37.8. The molecule has 2 unspecified atom stereocenters. The Morgan fingerprint density at radius 1 is 0.627 bits per heavy atom. The van der Waals surface area contributed by atoms with E-state index in [1.807, 2.05) is 57.6 Å². The van der Waals surface area contributed by atoms with E-state index in [1.54, 1.807) is 6.08 Å². The molecule has 59 heavy (non-hydrogen) atoms. The summed E-state index contributed by atoms with van der Waals surface area (Å²) >= 11 is 0. The number of carbonyl (C=O) groups excluding carboxylic acids is 2. The van der Waals surface area contributed by atoms with Gasteiger partial charge in [-0.2, -0.15) is 0 Å². The Labute approximate surface area is 360 Å². The lowest BCUT2D eigenvalue weighted by Gasteiger charge is -2.24. The number of ether oxygens (including phenoxy) is 2. The number of allylic oxidation sites excluding steroid dienone is 10. The number of likely N-dealkylation sites (N-methyl/N-ethyl adjacent to an activating group) is 1. The van der Waals surface area contributed by atoms with Crippen molar-refractivity contribution in [3.8, 4) is 0 Å². The Morgan fingerprint density at radius 3 is 1.73 bits per heavy atom. The van der Waals surface area contributed by atoms with Crippen LogP contribution < -0.4 is 0 Å². The predicted octanol–water partition coefficient (Wildman–Crippen LogP) is 12.0. The number of quaternary nitrogens is 1. The highest BCUT2D eigenvalue weighted by atomic mass is 31.2. The molecule has 0 amide bonds. The summed E-state index contributed by atoms with van der Waals surface area (Å²) in [6.07, 6.45) is 45.8. The molecule has 0 radical (unpaired) electrons. The van der Waals surface area contributed by atoms with Gasteiger partial charge in [-0.1, -0.05) is 177 Å². The highest BCUT2D eigenvalue weighted by Gasteiger charge is 2.27. The maximum atomic E-state index is 12.7. The molecule has 0 aromatic carbocycles. The Morgan fingerprint density at radius 2 is 1.17 bits per heavy atom. The topological polar surface area (TPSA) is 129 Å². The van der Waals surface area contributed by atoms with Gasteiger partial charge in [-0.05, 0) is 44.9 Å². The lowest BCUT2D eigenvalue weighted by molar-refractivity contribution is -0.870. The van der Waals surface area contributed by atoms with E-state index in [1.165, 1.54) is 77.0 Å². The first-order valence-electron chi connectivity index (χ1n) is 22.8. The van der Waals surface area contributed by atoms with Crippen LogP contribution in [0.4, 0.5) is 0 Å². The smallest absolute Gasteiger partial charge is 0.462 e. The summed E-state index contributed by atoms with van der Waals surface area (Å²) in [5, 5.41) is 9.85. The van der Waals surface area contributed by atoms with Crippen molar-refractivity contribution in [3.63, 3.8) is 0 Å². The van der Waals surface area contributed by atoms with Gasteiger partial charge in [0.25, 0.3) is 0 Å². The minimum Gasteiger partial charge on any atom is -0.462 e. The first-order chi connectivity index (χ1) is 28.4. The molecule has 0 aromatic heterocycles. The first kappa shape index (κ1) is 56.4. The fraction of sp³-hybridized carbons (Fsp3) is 0.708. The zero-order chi connectivity index (χ0) is 43.7. The summed E-state index contributed by atoms with van der Waals surface area (Å²) < 4.78 is 34.2. The summed E-state index contributed by atoms with van der Waals surface area (Å²) in [7, 11) is 1.40. The second-order valence-electron chi connectivity index (χ2n) is 16.3. The van der Waals surface area contributed by atoms with Crippen molar-refractivity contribution in [2.24, 2.45) is 0 Å². The quantitative estimate of drug-likeness (QED) is 0.0155. The van der Waals surface area contributed by atoms with Crippen LogP contribution in [0.25, 0.3) is 0 Å². The molecule has 0 saturated carbocycles. The van der Waals surface area contributed by atoms with Crippen LogP contribution in [0.15, 0.2) is 72.9 Å². The maximum absolute atomic E-state index is 12.7. The van der Waals surface area contributed by atoms with E-state index < -0.39 is 38.6 Å². The van der Waals surface area contributed by atoms with Crippen LogP contribution in [0, 0.1) is 0 Å². The molecule has 0 fully saturated rings. The fourth-order valence-electron chi connectivity index (χ4n) is 5.77. The van der Waals surface area contributed by atoms with Gasteiger partial charge in [0, 0.05) is 12.8 Å². The van der Waals surface area contributed by atoms with E-state index in [-0.39, 0.29) is 26.1 Å². The third-order valence-electron chi connectivity index (χ3n) is 9.34. The number of phosphoric ester groups is 1. The molecule has 11 heteroatoms. The number of carbonyl (C=O) groups is 2. The maximum Gasteiger partial charge on any atom is 0.472 e. The highest BCUT2D eigenvalue weighted by molar-refractivity contribution is 7.47. The van der Waals surface area contributed by atoms with Gasteiger partial charge in [0.2, 0.25) is 0 Å². The third kappa shape index (κ3) is 43.3. The normalized spacial score (nSPS) is 14.8. The lowest BCUT2D eigenvalue weighted by Crippen LogP contribution is -2.37. The number of hydrogen-bond donors (Lipinski definition) is 2. The second kappa shape index (κ2) is 39.5. The van der Waals surface area contributed by atoms with Crippen molar-refractivity contribution in [2.75, 3.05) is 47.5 Å². The molecule has 0 bridgehead atoms. The summed E-state index contributed by atoms with van der Waals surface area (Å²) in [5.41, 5.74) is 0. The summed E-state index contributed by atoms with van der Waals surface area (Å²) in [5.74, 6) is -0.919. The van der Waals surface area contributed by atoms with Crippen molar-refractivity contribution in [2.45, 2.75) is 174 Å². The van der Waals surface area contributed by atoms with E-state index in [0.717, 1.165) is 44.9 Å². The fourth-order valence-corrected chi connectivity index (χ4v) is 6.51. The SMILES string of the molecule is CC/C=C\CC(O)/C=C/C=C/C/C=C\C/C=C\C/C=C\CCC(=O)O[C@H](COC(=O)CCCCCCCCCCCCCCCCC)COP(=O)(O)OCC[N+](C)(C)C. The average molecular weight is 851 g/mol. The van der Waals surface area contributed by atoms with Gasteiger partial charge < -0.3 is 24.0 Å². The molecule has 2 N–H and O–H groups in total. The van der Waals surface area contributed by atoms with Gasteiger partial charge in [0.15, 0.2) is 6.10 Å². The molecule has 0 rings (SSSR count). The Balaban J connectivity index is 4.51. The Hall–Kier alpha value is -2.59. The summed E-state index contributed by atoms with van der Waals surface area (Å²) in [4.78, 5) is 35.4. The van der Waals surface area contributed by atoms with Crippen molar-refractivity contribution < 1.29 is 47.2 Å². The zero-order valence-corrected chi connectivity index (χ0v) is 38.7. The third-order valence-corrected chi connectivity index (χ3v) is 10.3. The van der Waals surface area contributed by atoms with Crippen molar-refractivity contribution >= 4 is 19.8 Å². The minimum absolute atomic E-state index is 0.00873. The standard InChI is InChI=1S/C48H84NO9P/c1-6-8-10-11-12-13-14-15-16-19-22-25-28-31-35-39-47(51)55-43-46(44-57-59(53,54)56-42-41-49(3,4)5)58-48(52)40-36-32-29-26-23-20-17-18-21-24-27-30-34-38-45(50)37-33-9-7-2/h9,18,20-21,23,27,29-30,32-34,38,45-46,50H,6-8,10-17,19,22,24-26,28,31,35-37,39-44H2,1-5H3/p+1/b21-18-,23-20-,30-27+,32-29-,33-9-,38-34+/t45?,46-/m1/s1. The Bertz CT molecular complexity index is 1250. The van der Waals surface area contributed by atoms with Gasteiger partial charge in [0.1, 0.15) is 19.8 Å². The van der Waals surface area contributed by atoms with Gasteiger partial charge in [-0.25, -0.2) is 4.57 Å². The molecular formula is C48H85NO9P+. The molecule has 0 aliphatic rings. The molecule has 0 saturated heterocycles. The molecule has 0 aliphatic heterocycles. The van der Waals surface area contributed by atoms with Crippen LogP contribution >= 0.6 is 7.82 Å². The molecule has 0 spiro atoms. The van der Waals surface area contributed by atoms with E-state index in [2.05, 4.69) is 44.2 Å². The van der Waals surface area contributed by atoms with E-state index in [0.29, 0.717) is 23.9 Å². The molecule has 0 aliphatic carbocycles. The molecule has 10 nitrogen and oxygen atoms in total. The number of unbranched alkanes of at least 4 members (excludes halogenated alkanes) is 14. The van der Waals surface area contributed by atoms with Crippen molar-refractivity contribution in [3.05, 3.63) is 72.9 Å². The van der Waals surface area contributed by atoms with Crippen LogP contribution in [-0.2, 0) is 32.7 Å². The first-order valence-corrected chi connectivity index (χ1v) is 24.3. The van der Waals surface area contributed by atoms with Crippen LogP contribution in [-0.4, -0.2) is 86.1 Å². The number of esters is 2. The molecule has 340 valence electrons. The minimum atomic E-state index is -4.41. The largest absolute Gasteiger partial charge is 0.472 e. The number of aliphatic hydroxyl groups is 1. The van der Waals surface area contributed by atoms with Gasteiger partial charge in [-0.15, -0.1) is 0 Å². The van der Waals surface area contributed by atoms with E-state index in [4.69, 9.17) is 18.5 Å². The van der Waals surface area contributed by atoms with Crippen LogP contribution in [0.5, 0.6) is 0 Å². The molecule has 0 aromatic rings. The second-order valence-corrected chi connectivity index (χ2v) is 17.7. The van der Waals surface area contributed by atoms with Crippen molar-refractivity contribution in [1.82, 2.24) is 0 Å². The molecule has 3 atom stereocenters. The zero-order valence-electron chi connectivity index (χ0n) is 37.8. The number of rotatable bonds is 40. The number of aliphatic hydroxyl groups excluding tert-OH is 1. The van der Waals surface area contributed by atoms with Crippen molar-refractivity contribution in [1.29, 1.82) is 0 Å². The monoisotopic (exact) mass is 851 g/mol. The number of phosphoric acid groups is 1. The van der Waals surface area contributed by atoms with Crippen LogP contribution in [0.1, 0.15) is 162 Å². The van der Waals surface area contributed by atoms with Gasteiger partial charge >= 0.3 is 19.8 Å². The van der Waals surface area contributed by atoms with Gasteiger partial charge in [0.05, 0.1) is 33.9 Å². The average Bonchev–Trinajstić information content (AvgIpc) is 3.18. The number of nitrogens with zero attached hydrogens (tertiary/aromatic N) is 1. The van der Waals surface area contributed by atoms with Crippen LogP contribution in [0.3, 0.4) is 0 Å². The highest BCUT2D eigenvalue weighted by Crippen LogP contribution is 2.43. The number of hydrogen-bond acceptors (Lipinski definition) is 8. The van der Waals surface area contributed by atoms with Gasteiger partial charge in [-0.3, -0.25) is 18.6 Å². The van der Waals surface area contributed by atoms with Crippen LogP contribution in [0.2, 0.25) is 0 Å². The summed E-state index contributed by atoms with van der Waals surface area (Å²) in [6, 6.07) is 0.